The molecule has 3 aromatic rings. The van der Waals surface area contributed by atoms with Crippen molar-refractivity contribution in [3.8, 4) is 0 Å². The maximum atomic E-state index is 12.8. The lowest BCUT2D eigenvalue weighted by Crippen LogP contribution is -2.52. The number of carbonyl (C=O) groups excluding carboxylic acids is 2. The molecule has 1 aromatic carbocycles. The second-order valence-electron chi connectivity index (χ2n) is 8.21. The number of aromatic nitrogens is 1. The first-order chi connectivity index (χ1) is 15.6. The monoisotopic (exact) mass is 451 g/mol. The molecule has 1 N–H and O–H groups in total. The number of likely N-dealkylation sites (tertiary alicyclic amines) is 1. The minimum atomic E-state index is -0.287. The highest BCUT2D eigenvalue weighted by molar-refractivity contribution is 7.07. The maximum Gasteiger partial charge on any atom is 0.287 e. The van der Waals surface area contributed by atoms with Gasteiger partial charge in [-0.15, -0.1) is 11.3 Å². The molecule has 7 nitrogen and oxygen atoms in total. The first-order valence-corrected chi connectivity index (χ1v) is 11.8. The lowest BCUT2D eigenvalue weighted by atomic mass is 9.71. The third-order valence-electron chi connectivity index (χ3n) is 6.65. The van der Waals surface area contributed by atoms with E-state index in [1.54, 1.807) is 23.0 Å². The van der Waals surface area contributed by atoms with Crippen molar-refractivity contribution in [2.75, 3.05) is 19.7 Å². The molecule has 0 radical (unpaired) electrons. The highest BCUT2D eigenvalue weighted by atomic mass is 32.1. The Balaban J connectivity index is 1.44. The molecule has 2 aromatic heterocycles. The van der Waals surface area contributed by atoms with Crippen LogP contribution in [-0.4, -0.2) is 47.5 Å². The first kappa shape index (κ1) is 20.9. The van der Waals surface area contributed by atoms with Gasteiger partial charge in [-0.2, -0.15) is 0 Å². The topological polar surface area (TPSA) is 84.7 Å². The van der Waals surface area contributed by atoms with Crippen LogP contribution in [0.15, 0.2) is 58.0 Å². The molecular weight excluding hydrogens is 426 g/mol. The van der Waals surface area contributed by atoms with E-state index in [9.17, 15) is 9.59 Å². The number of fused-ring (bicyclic) bond motifs is 2. The number of amides is 2. The largest absolute Gasteiger partial charge is 0.459 e. The number of ether oxygens (including phenoxy) is 1. The van der Waals surface area contributed by atoms with Gasteiger partial charge >= 0.3 is 0 Å². The van der Waals surface area contributed by atoms with Gasteiger partial charge in [0.1, 0.15) is 5.69 Å². The van der Waals surface area contributed by atoms with Crippen molar-refractivity contribution in [1.82, 2.24) is 15.2 Å². The number of nitrogens with zero attached hydrogens (tertiary/aromatic N) is 2. The first-order valence-electron chi connectivity index (χ1n) is 10.9. The fraction of sp³-hybridized carbons (Fsp3) is 0.375. The van der Waals surface area contributed by atoms with E-state index in [-0.39, 0.29) is 35.1 Å². The quantitative estimate of drug-likeness (QED) is 0.638. The summed E-state index contributed by atoms with van der Waals surface area (Å²) in [5, 5.41) is 4.95. The predicted molar refractivity (Wildman–Crippen MR) is 120 cm³/mol. The van der Waals surface area contributed by atoms with Gasteiger partial charge < -0.3 is 19.4 Å². The third kappa shape index (κ3) is 3.43. The SMILES string of the molecule is CCO[C@H]1[C@H](NC(=O)c2ccco2)c2ccccc2C12CCN(C(=O)c1cscn1)CC2. The maximum absolute atomic E-state index is 12.8. The highest BCUT2D eigenvalue weighted by Gasteiger charge is 2.54. The average molecular weight is 452 g/mol. The van der Waals surface area contributed by atoms with Gasteiger partial charge in [-0.25, -0.2) is 4.98 Å². The van der Waals surface area contributed by atoms with E-state index >= 15 is 0 Å². The fourth-order valence-electron chi connectivity index (χ4n) is 5.21. The van der Waals surface area contributed by atoms with Crippen molar-refractivity contribution in [2.24, 2.45) is 0 Å². The van der Waals surface area contributed by atoms with E-state index in [1.165, 1.54) is 23.2 Å². The van der Waals surface area contributed by atoms with Crippen LogP contribution in [0.3, 0.4) is 0 Å². The minimum Gasteiger partial charge on any atom is -0.459 e. The van der Waals surface area contributed by atoms with E-state index in [0.29, 0.717) is 25.4 Å². The Morgan fingerprint density at radius 3 is 2.75 bits per heavy atom. The van der Waals surface area contributed by atoms with Crippen molar-refractivity contribution in [1.29, 1.82) is 0 Å². The smallest absolute Gasteiger partial charge is 0.287 e. The second-order valence-corrected chi connectivity index (χ2v) is 8.93. The molecule has 32 heavy (non-hydrogen) atoms. The number of thiazole rings is 1. The molecule has 2 aliphatic rings. The van der Waals surface area contributed by atoms with Crippen LogP contribution >= 0.6 is 11.3 Å². The highest BCUT2D eigenvalue weighted by Crippen LogP contribution is 2.52. The summed E-state index contributed by atoms with van der Waals surface area (Å²) in [5.74, 6) is -0.00178. The number of carbonyl (C=O) groups is 2. The Bertz CT molecular complexity index is 1090. The van der Waals surface area contributed by atoms with Gasteiger partial charge in [-0.3, -0.25) is 9.59 Å². The number of hydrogen-bond donors (Lipinski definition) is 1. The zero-order chi connectivity index (χ0) is 22.1. The molecule has 0 bridgehead atoms. The molecule has 1 saturated heterocycles. The van der Waals surface area contributed by atoms with Crippen molar-refractivity contribution < 1.29 is 18.7 Å². The standard InChI is InChI=1S/C24H25N3O4S/c1-2-30-21-20(26-22(28)19-8-5-13-31-19)16-6-3-4-7-17(16)24(21)9-11-27(12-10-24)23(29)18-14-32-15-25-18/h3-8,13-15,20-21H,2,9-12H2,1H3,(H,26,28)/t20-,21+/m1/s1. The summed E-state index contributed by atoms with van der Waals surface area (Å²) in [6.07, 6.45) is 2.80. The minimum absolute atomic E-state index is 0.0250. The van der Waals surface area contributed by atoms with Crippen LogP contribution in [0.4, 0.5) is 0 Å². The molecule has 5 rings (SSSR count). The number of piperidine rings is 1. The Morgan fingerprint density at radius 1 is 1.25 bits per heavy atom. The van der Waals surface area contributed by atoms with Crippen LogP contribution < -0.4 is 5.32 Å². The number of furan rings is 1. The van der Waals surface area contributed by atoms with E-state index < -0.39 is 0 Å². The average Bonchev–Trinajstić information content (AvgIpc) is 3.58. The van der Waals surface area contributed by atoms with Gasteiger partial charge in [-0.1, -0.05) is 24.3 Å². The molecular formula is C24H25N3O4S. The van der Waals surface area contributed by atoms with E-state index in [0.717, 1.165) is 18.4 Å². The number of nitrogens with one attached hydrogen (secondary N) is 1. The summed E-state index contributed by atoms with van der Waals surface area (Å²) in [5.41, 5.74) is 4.19. The molecule has 1 fully saturated rings. The molecule has 2 atom stereocenters. The third-order valence-corrected chi connectivity index (χ3v) is 7.24. The van der Waals surface area contributed by atoms with Gasteiger partial charge in [0.15, 0.2) is 5.76 Å². The Kier molecular flexibility index (Phi) is 5.57. The van der Waals surface area contributed by atoms with Gasteiger partial charge in [0.05, 0.1) is 23.9 Å². The zero-order valence-corrected chi connectivity index (χ0v) is 18.6. The fourth-order valence-corrected chi connectivity index (χ4v) is 5.73. The Morgan fingerprint density at radius 2 is 2.06 bits per heavy atom. The molecule has 8 heteroatoms. The number of hydrogen-bond acceptors (Lipinski definition) is 6. The molecule has 1 aliphatic carbocycles. The number of rotatable bonds is 5. The van der Waals surface area contributed by atoms with Gasteiger partial charge in [0.2, 0.25) is 0 Å². The van der Waals surface area contributed by atoms with Gasteiger partial charge in [-0.05, 0) is 43.0 Å². The molecule has 1 aliphatic heterocycles. The molecule has 0 saturated carbocycles. The normalized spacial score (nSPS) is 21.5. The van der Waals surface area contributed by atoms with E-state index in [1.807, 2.05) is 24.0 Å². The molecule has 3 heterocycles. The van der Waals surface area contributed by atoms with Crippen LogP contribution in [0.1, 0.15) is 58.0 Å². The van der Waals surface area contributed by atoms with Crippen LogP contribution in [-0.2, 0) is 10.2 Å². The molecule has 2 amide bonds. The summed E-state index contributed by atoms with van der Waals surface area (Å²) in [4.78, 5) is 31.7. The van der Waals surface area contributed by atoms with E-state index in [4.69, 9.17) is 9.15 Å². The van der Waals surface area contributed by atoms with Crippen molar-refractivity contribution in [3.05, 3.63) is 76.1 Å². The van der Waals surface area contributed by atoms with E-state index in [2.05, 4.69) is 22.4 Å². The summed E-state index contributed by atoms with van der Waals surface area (Å²) in [6.45, 7) is 3.75. The Labute approximate surface area is 190 Å². The molecule has 0 unspecified atom stereocenters. The predicted octanol–water partition coefficient (Wildman–Crippen LogP) is 3.80. The lowest BCUT2D eigenvalue weighted by molar-refractivity contribution is -0.0307. The molecule has 166 valence electrons. The van der Waals surface area contributed by atoms with Crippen LogP contribution in [0.25, 0.3) is 0 Å². The van der Waals surface area contributed by atoms with Crippen molar-refractivity contribution in [2.45, 2.75) is 37.3 Å². The summed E-state index contributed by atoms with van der Waals surface area (Å²) >= 11 is 1.43. The summed E-state index contributed by atoms with van der Waals surface area (Å²) < 4.78 is 11.6. The van der Waals surface area contributed by atoms with Crippen molar-refractivity contribution in [3.63, 3.8) is 0 Å². The summed E-state index contributed by atoms with van der Waals surface area (Å²) in [6, 6.07) is 11.3. The lowest BCUT2D eigenvalue weighted by Gasteiger charge is -2.44. The van der Waals surface area contributed by atoms with Crippen molar-refractivity contribution >= 4 is 23.2 Å². The number of benzene rings is 1. The van der Waals surface area contributed by atoms with Crippen LogP contribution in [0.5, 0.6) is 0 Å². The molecule has 1 spiro atoms. The van der Waals surface area contributed by atoms with Crippen LogP contribution in [0.2, 0.25) is 0 Å². The second kappa shape index (κ2) is 8.52. The van der Waals surface area contributed by atoms with Gasteiger partial charge in [0.25, 0.3) is 11.8 Å². The van der Waals surface area contributed by atoms with Gasteiger partial charge in [0, 0.05) is 30.5 Å². The zero-order valence-electron chi connectivity index (χ0n) is 17.8. The van der Waals surface area contributed by atoms with Crippen LogP contribution in [0, 0.1) is 0 Å². The summed E-state index contributed by atoms with van der Waals surface area (Å²) in [7, 11) is 0. The Hall–Kier alpha value is -2.97.